The van der Waals surface area contributed by atoms with Gasteiger partial charge in [-0.3, -0.25) is 14.9 Å². The van der Waals surface area contributed by atoms with Crippen molar-refractivity contribution in [3.8, 4) is 9.88 Å². The maximum atomic E-state index is 11.7. The van der Waals surface area contributed by atoms with Crippen molar-refractivity contribution < 1.29 is 23.9 Å². The number of thiazole rings is 1. The van der Waals surface area contributed by atoms with E-state index in [1.807, 2.05) is 22.8 Å². The van der Waals surface area contributed by atoms with Gasteiger partial charge in [0.1, 0.15) is 5.01 Å². The molecule has 0 aliphatic heterocycles. The van der Waals surface area contributed by atoms with Gasteiger partial charge in [-0.15, -0.1) is 22.7 Å². The minimum absolute atomic E-state index is 0.0332. The van der Waals surface area contributed by atoms with E-state index >= 15 is 0 Å². The summed E-state index contributed by atoms with van der Waals surface area (Å²) in [6.07, 6.45) is -0.900. The number of nitrogens with one attached hydrogen (secondary N) is 1. The van der Waals surface area contributed by atoms with Crippen LogP contribution in [0.15, 0.2) is 22.9 Å². The molecule has 2 aromatic rings. The zero-order valence-corrected chi connectivity index (χ0v) is 13.9. The number of hydrogen-bond donors (Lipinski definition) is 1. The predicted octanol–water partition coefficient (Wildman–Crippen LogP) is 2.23. The van der Waals surface area contributed by atoms with E-state index in [-0.39, 0.29) is 13.0 Å². The van der Waals surface area contributed by atoms with E-state index < -0.39 is 24.6 Å². The van der Waals surface area contributed by atoms with Gasteiger partial charge in [0, 0.05) is 5.38 Å². The average Bonchev–Trinajstić information content (AvgIpc) is 3.16. The summed E-state index contributed by atoms with van der Waals surface area (Å²) in [5.41, 5.74) is 0.578. The van der Waals surface area contributed by atoms with Crippen molar-refractivity contribution in [3.63, 3.8) is 0 Å². The maximum Gasteiger partial charge on any atom is 0.413 e. The van der Waals surface area contributed by atoms with E-state index in [4.69, 9.17) is 4.74 Å². The lowest BCUT2D eigenvalue weighted by Crippen LogP contribution is -2.34. The van der Waals surface area contributed by atoms with Crippen LogP contribution in [0.25, 0.3) is 9.88 Å². The highest BCUT2D eigenvalue weighted by Crippen LogP contribution is 2.27. The predicted molar refractivity (Wildman–Crippen MR) is 85.3 cm³/mol. The van der Waals surface area contributed by atoms with Crippen LogP contribution < -0.4 is 5.32 Å². The number of nitrogens with zero attached hydrogens (tertiary/aromatic N) is 1. The molecule has 7 nitrogen and oxygen atoms in total. The molecule has 2 heterocycles. The van der Waals surface area contributed by atoms with E-state index in [2.05, 4.69) is 9.72 Å². The maximum absolute atomic E-state index is 11.7. The first-order valence-corrected chi connectivity index (χ1v) is 8.45. The summed E-state index contributed by atoms with van der Waals surface area (Å²) in [6.45, 7) is 1.22. The van der Waals surface area contributed by atoms with E-state index in [1.165, 1.54) is 11.3 Å². The monoisotopic (exact) mass is 354 g/mol. The highest BCUT2D eigenvalue weighted by atomic mass is 32.1. The van der Waals surface area contributed by atoms with Crippen molar-refractivity contribution in [2.75, 3.05) is 13.2 Å². The second-order valence-electron chi connectivity index (χ2n) is 4.23. The van der Waals surface area contributed by atoms with Crippen LogP contribution in [-0.2, 0) is 25.5 Å². The van der Waals surface area contributed by atoms with Gasteiger partial charge in [-0.25, -0.2) is 9.78 Å². The highest BCUT2D eigenvalue weighted by molar-refractivity contribution is 7.20. The minimum Gasteiger partial charge on any atom is -0.455 e. The summed E-state index contributed by atoms with van der Waals surface area (Å²) in [5, 5.41) is 6.49. The van der Waals surface area contributed by atoms with Crippen LogP contribution in [0.1, 0.15) is 12.6 Å². The Hall–Kier alpha value is -2.26. The zero-order valence-electron chi connectivity index (χ0n) is 12.2. The molecule has 0 fully saturated rings. The molecule has 0 aliphatic carbocycles. The molecule has 0 aromatic carbocycles. The second-order valence-corrected chi connectivity index (χ2v) is 6.03. The van der Waals surface area contributed by atoms with Crippen molar-refractivity contribution in [1.29, 1.82) is 0 Å². The largest absolute Gasteiger partial charge is 0.455 e. The van der Waals surface area contributed by atoms with Crippen LogP contribution in [0.4, 0.5) is 4.79 Å². The molecule has 0 bridgehead atoms. The first kappa shape index (κ1) is 17.1. The summed E-state index contributed by atoms with van der Waals surface area (Å²) >= 11 is 3.01. The number of carbonyl (C=O) groups excluding carboxylic acids is 3. The van der Waals surface area contributed by atoms with E-state index in [9.17, 15) is 14.4 Å². The number of thiophene rings is 1. The van der Waals surface area contributed by atoms with Gasteiger partial charge in [-0.2, -0.15) is 0 Å². The fourth-order valence-corrected chi connectivity index (χ4v) is 3.20. The molecule has 1 N–H and O–H groups in total. The summed E-state index contributed by atoms with van der Waals surface area (Å²) in [7, 11) is 0. The Bertz CT molecular complexity index is 681. The van der Waals surface area contributed by atoms with Gasteiger partial charge in [0.15, 0.2) is 6.61 Å². The second kappa shape index (κ2) is 8.39. The Kier molecular flexibility index (Phi) is 6.24. The first-order chi connectivity index (χ1) is 11.1. The van der Waals surface area contributed by atoms with Crippen molar-refractivity contribution >= 4 is 40.6 Å². The molecule has 0 radical (unpaired) electrons. The van der Waals surface area contributed by atoms with Gasteiger partial charge in [-0.1, -0.05) is 6.07 Å². The Balaban J connectivity index is 1.77. The van der Waals surface area contributed by atoms with Gasteiger partial charge in [0.2, 0.25) is 0 Å². The van der Waals surface area contributed by atoms with Crippen molar-refractivity contribution in [3.05, 3.63) is 28.6 Å². The molecule has 122 valence electrons. The SMILES string of the molecule is CCOC(=O)NC(=O)COC(=O)Cc1csc(-c2cccs2)n1. The van der Waals surface area contributed by atoms with Gasteiger partial charge < -0.3 is 9.47 Å². The topological polar surface area (TPSA) is 94.6 Å². The number of ether oxygens (including phenoxy) is 2. The molecule has 0 saturated heterocycles. The number of alkyl carbamates (subject to hydrolysis) is 1. The number of rotatable bonds is 6. The normalized spacial score (nSPS) is 10.1. The van der Waals surface area contributed by atoms with E-state index in [0.717, 1.165) is 9.88 Å². The quantitative estimate of drug-likeness (QED) is 0.800. The summed E-state index contributed by atoms with van der Waals surface area (Å²) in [6, 6.07) is 3.88. The van der Waals surface area contributed by atoms with Crippen LogP contribution in [0.5, 0.6) is 0 Å². The van der Waals surface area contributed by atoms with Crippen molar-refractivity contribution in [2.24, 2.45) is 0 Å². The Morgan fingerprint density at radius 2 is 2.09 bits per heavy atom. The first-order valence-electron chi connectivity index (χ1n) is 6.69. The van der Waals surface area contributed by atoms with Gasteiger partial charge in [-0.05, 0) is 18.4 Å². The standard InChI is InChI=1S/C14H14N2O5S2/c1-2-20-14(19)16-11(17)7-21-12(18)6-9-8-23-13(15-9)10-4-3-5-22-10/h3-5,8H,2,6-7H2,1H3,(H,16,17,19). The molecule has 2 aromatic heterocycles. The van der Waals surface area contributed by atoms with E-state index in [1.54, 1.807) is 23.6 Å². The molecule has 9 heteroatoms. The Morgan fingerprint density at radius 3 is 2.78 bits per heavy atom. The third kappa shape index (κ3) is 5.46. The number of esters is 1. The number of amides is 2. The Morgan fingerprint density at radius 1 is 1.26 bits per heavy atom. The Labute approximate surface area is 140 Å². The van der Waals surface area contributed by atoms with Crippen LogP contribution in [0.2, 0.25) is 0 Å². The fourth-order valence-electron chi connectivity index (χ4n) is 1.56. The third-order valence-electron chi connectivity index (χ3n) is 2.49. The number of imide groups is 1. The van der Waals surface area contributed by atoms with Gasteiger partial charge >= 0.3 is 12.1 Å². The summed E-state index contributed by atoms with van der Waals surface area (Å²) in [5.74, 6) is -1.33. The summed E-state index contributed by atoms with van der Waals surface area (Å²) < 4.78 is 9.33. The molecule has 0 spiro atoms. The molecular weight excluding hydrogens is 340 g/mol. The van der Waals surface area contributed by atoms with Crippen LogP contribution in [0, 0.1) is 0 Å². The molecule has 2 rings (SSSR count). The minimum atomic E-state index is -0.867. The zero-order chi connectivity index (χ0) is 16.7. The van der Waals surface area contributed by atoms with E-state index in [0.29, 0.717) is 5.69 Å². The lowest BCUT2D eigenvalue weighted by atomic mass is 10.3. The molecule has 0 unspecified atom stereocenters. The molecule has 0 aliphatic rings. The van der Waals surface area contributed by atoms with Crippen LogP contribution in [-0.4, -0.2) is 36.2 Å². The smallest absolute Gasteiger partial charge is 0.413 e. The molecule has 0 atom stereocenters. The lowest BCUT2D eigenvalue weighted by molar-refractivity contribution is -0.147. The fraction of sp³-hybridized carbons (Fsp3) is 0.286. The third-order valence-corrected chi connectivity index (χ3v) is 4.42. The van der Waals surface area contributed by atoms with Crippen LogP contribution in [0.3, 0.4) is 0 Å². The van der Waals surface area contributed by atoms with Crippen LogP contribution >= 0.6 is 22.7 Å². The van der Waals surface area contributed by atoms with Gasteiger partial charge in [0.05, 0.1) is 23.6 Å². The molecule has 23 heavy (non-hydrogen) atoms. The van der Waals surface area contributed by atoms with Gasteiger partial charge in [0.25, 0.3) is 5.91 Å². The number of carbonyl (C=O) groups is 3. The van der Waals surface area contributed by atoms with Crippen molar-refractivity contribution in [2.45, 2.75) is 13.3 Å². The van der Waals surface area contributed by atoms with Crippen molar-refractivity contribution in [1.82, 2.24) is 10.3 Å². The number of hydrogen-bond acceptors (Lipinski definition) is 8. The molecule has 2 amide bonds. The average molecular weight is 354 g/mol. The number of aromatic nitrogens is 1. The highest BCUT2D eigenvalue weighted by Gasteiger charge is 2.14. The molecule has 0 saturated carbocycles. The summed E-state index contributed by atoms with van der Waals surface area (Å²) in [4.78, 5) is 39.4. The molecular formula is C14H14N2O5S2. The lowest BCUT2D eigenvalue weighted by Gasteiger charge is -2.05.